The zero-order valence-corrected chi connectivity index (χ0v) is 13.2. The maximum Gasteiger partial charge on any atom is 0.138 e. The van der Waals surface area contributed by atoms with Crippen LogP contribution < -0.4 is 10.1 Å². The molecule has 2 aromatic carbocycles. The SMILES string of the molecule is CNc1ccc(Oc2ccnc3cc(-c4cc[nH]n4)ccc23)cc1. The summed E-state index contributed by atoms with van der Waals surface area (Å²) in [6.07, 6.45) is 3.56. The van der Waals surface area contributed by atoms with E-state index in [1.807, 2.05) is 61.6 Å². The molecule has 0 bridgehead atoms. The largest absolute Gasteiger partial charge is 0.457 e. The highest BCUT2D eigenvalue weighted by molar-refractivity contribution is 5.88. The van der Waals surface area contributed by atoms with Gasteiger partial charge in [0.25, 0.3) is 0 Å². The molecule has 0 atom stereocenters. The maximum atomic E-state index is 6.03. The second-order valence-corrected chi connectivity index (χ2v) is 5.38. The maximum absolute atomic E-state index is 6.03. The summed E-state index contributed by atoms with van der Waals surface area (Å²) in [6, 6.07) is 17.7. The second kappa shape index (κ2) is 6.04. The van der Waals surface area contributed by atoms with Crippen LogP contribution in [0.15, 0.2) is 67.0 Å². The molecule has 0 unspecified atom stereocenters. The van der Waals surface area contributed by atoms with Crippen molar-refractivity contribution in [3.63, 3.8) is 0 Å². The van der Waals surface area contributed by atoms with Crippen molar-refractivity contribution in [1.29, 1.82) is 0 Å². The normalized spacial score (nSPS) is 10.7. The number of H-pyrrole nitrogens is 1. The number of hydrogen-bond acceptors (Lipinski definition) is 4. The van der Waals surface area contributed by atoms with Crippen LogP contribution >= 0.6 is 0 Å². The van der Waals surface area contributed by atoms with Crippen LogP contribution in [0.5, 0.6) is 11.5 Å². The van der Waals surface area contributed by atoms with Gasteiger partial charge >= 0.3 is 0 Å². The van der Waals surface area contributed by atoms with Gasteiger partial charge in [-0.1, -0.05) is 6.07 Å². The Hall–Kier alpha value is -3.34. The standard InChI is InChI=1S/C19H16N4O/c1-20-14-3-5-15(6-4-14)24-19-9-10-21-18-12-13(2-7-16(18)19)17-8-11-22-23-17/h2-12,20H,1H3,(H,22,23). The first-order valence-electron chi connectivity index (χ1n) is 7.68. The van der Waals surface area contributed by atoms with E-state index in [-0.39, 0.29) is 0 Å². The van der Waals surface area contributed by atoms with Gasteiger partial charge in [-0.3, -0.25) is 10.1 Å². The van der Waals surface area contributed by atoms with Crippen molar-refractivity contribution in [3.8, 4) is 22.8 Å². The molecule has 0 aliphatic heterocycles. The van der Waals surface area contributed by atoms with Crippen LogP contribution in [0.25, 0.3) is 22.2 Å². The lowest BCUT2D eigenvalue weighted by Gasteiger charge is -2.10. The van der Waals surface area contributed by atoms with Crippen molar-refractivity contribution in [1.82, 2.24) is 15.2 Å². The minimum Gasteiger partial charge on any atom is -0.457 e. The summed E-state index contributed by atoms with van der Waals surface area (Å²) in [6.45, 7) is 0. The van der Waals surface area contributed by atoms with Crippen molar-refractivity contribution in [3.05, 3.63) is 67.0 Å². The smallest absolute Gasteiger partial charge is 0.138 e. The number of aromatic nitrogens is 3. The summed E-state index contributed by atoms with van der Waals surface area (Å²) in [5, 5.41) is 11.1. The highest BCUT2D eigenvalue weighted by atomic mass is 16.5. The van der Waals surface area contributed by atoms with Crippen molar-refractivity contribution in [2.45, 2.75) is 0 Å². The third kappa shape index (κ3) is 2.67. The van der Waals surface area contributed by atoms with E-state index in [0.29, 0.717) is 0 Å². The van der Waals surface area contributed by atoms with Crippen LogP contribution in [0.2, 0.25) is 0 Å². The van der Waals surface area contributed by atoms with Crippen LogP contribution in [-0.2, 0) is 0 Å². The lowest BCUT2D eigenvalue weighted by Crippen LogP contribution is -1.90. The summed E-state index contributed by atoms with van der Waals surface area (Å²) >= 11 is 0. The number of nitrogens with zero attached hydrogens (tertiary/aromatic N) is 2. The Bertz CT molecular complexity index is 963. The van der Waals surface area contributed by atoms with Crippen LogP contribution in [0.4, 0.5) is 5.69 Å². The number of fused-ring (bicyclic) bond motifs is 1. The van der Waals surface area contributed by atoms with Gasteiger partial charge in [-0.05, 0) is 48.5 Å². The van der Waals surface area contributed by atoms with Gasteiger partial charge in [0, 0.05) is 36.1 Å². The molecule has 4 aromatic rings. The zero-order chi connectivity index (χ0) is 16.4. The number of rotatable bonds is 4. The molecule has 0 saturated heterocycles. The first kappa shape index (κ1) is 14.3. The van der Waals surface area contributed by atoms with Crippen LogP contribution in [0.1, 0.15) is 0 Å². The number of benzene rings is 2. The first-order valence-corrected chi connectivity index (χ1v) is 7.68. The molecule has 0 spiro atoms. The molecular weight excluding hydrogens is 300 g/mol. The average molecular weight is 316 g/mol. The number of nitrogens with one attached hydrogen (secondary N) is 2. The Morgan fingerprint density at radius 1 is 1.00 bits per heavy atom. The fourth-order valence-corrected chi connectivity index (χ4v) is 2.61. The lowest BCUT2D eigenvalue weighted by atomic mass is 10.1. The van der Waals surface area contributed by atoms with Crippen LogP contribution in [0.3, 0.4) is 0 Å². The van der Waals surface area contributed by atoms with Crippen molar-refractivity contribution in [2.24, 2.45) is 0 Å². The van der Waals surface area contributed by atoms with E-state index in [4.69, 9.17) is 4.74 Å². The Labute approximate surface area is 139 Å². The molecule has 0 radical (unpaired) electrons. The predicted molar refractivity (Wildman–Crippen MR) is 95.4 cm³/mol. The first-order chi connectivity index (χ1) is 11.8. The molecule has 2 N–H and O–H groups in total. The minimum absolute atomic E-state index is 0.783. The van der Waals surface area contributed by atoms with E-state index >= 15 is 0 Å². The zero-order valence-electron chi connectivity index (χ0n) is 13.2. The van der Waals surface area contributed by atoms with Gasteiger partial charge in [-0.25, -0.2) is 0 Å². The molecule has 2 aromatic heterocycles. The highest BCUT2D eigenvalue weighted by Gasteiger charge is 2.07. The Morgan fingerprint density at radius 2 is 1.88 bits per heavy atom. The van der Waals surface area contributed by atoms with Crippen LogP contribution in [-0.4, -0.2) is 22.2 Å². The van der Waals surface area contributed by atoms with E-state index in [9.17, 15) is 0 Å². The van der Waals surface area contributed by atoms with E-state index in [2.05, 4.69) is 20.5 Å². The lowest BCUT2D eigenvalue weighted by molar-refractivity contribution is 0.488. The molecule has 0 fully saturated rings. The van der Waals surface area contributed by atoms with E-state index in [0.717, 1.165) is 39.3 Å². The molecule has 118 valence electrons. The number of anilines is 1. The molecule has 0 aliphatic carbocycles. The fraction of sp³-hybridized carbons (Fsp3) is 0.0526. The molecular formula is C19H16N4O. The number of pyridine rings is 1. The summed E-state index contributed by atoms with van der Waals surface area (Å²) in [4.78, 5) is 4.45. The third-order valence-electron chi connectivity index (χ3n) is 3.87. The Balaban J connectivity index is 1.70. The summed E-state index contributed by atoms with van der Waals surface area (Å²) < 4.78 is 6.03. The molecule has 0 saturated carbocycles. The molecule has 5 heteroatoms. The van der Waals surface area contributed by atoms with Gasteiger partial charge in [0.1, 0.15) is 11.5 Å². The predicted octanol–water partition coefficient (Wildman–Crippen LogP) is 4.46. The molecule has 4 rings (SSSR count). The van der Waals surface area contributed by atoms with Gasteiger partial charge in [-0.2, -0.15) is 5.10 Å². The minimum atomic E-state index is 0.783. The van der Waals surface area contributed by atoms with Crippen molar-refractivity contribution >= 4 is 16.6 Å². The molecule has 0 aliphatic rings. The van der Waals surface area contributed by atoms with Gasteiger partial charge < -0.3 is 10.1 Å². The fourth-order valence-electron chi connectivity index (χ4n) is 2.61. The molecule has 24 heavy (non-hydrogen) atoms. The van der Waals surface area contributed by atoms with Crippen LogP contribution in [0, 0.1) is 0 Å². The van der Waals surface area contributed by atoms with Gasteiger partial charge in [-0.15, -0.1) is 0 Å². The Morgan fingerprint density at radius 3 is 2.62 bits per heavy atom. The van der Waals surface area contributed by atoms with Crippen molar-refractivity contribution < 1.29 is 4.74 Å². The van der Waals surface area contributed by atoms with Gasteiger partial charge in [0.15, 0.2) is 0 Å². The summed E-state index contributed by atoms with van der Waals surface area (Å²) in [5.74, 6) is 1.57. The average Bonchev–Trinajstić information content (AvgIpc) is 3.17. The molecule has 0 amide bonds. The number of hydrogen-bond donors (Lipinski definition) is 2. The topological polar surface area (TPSA) is 62.8 Å². The third-order valence-corrected chi connectivity index (χ3v) is 3.87. The molecule has 2 heterocycles. The summed E-state index contributed by atoms with van der Waals surface area (Å²) in [5.41, 5.74) is 3.84. The monoisotopic (exact) mass is 316 g/mol. The van der Waals surface area contributed by atoms with E-state index in [1.165, 1.54) is 0 Å². The quantitative estimate of drug-likeness (QED) is 0.583. The molecule has 5 nitrogen and oxygen atoms in total. The number of aromatic amines is 1. The van der Waals surface area contributed by atoms with E-state index < -0.39 is 0 Å². The van der Waals surface area contributed by atoms with Gasteiger partial charge in [0.05, 0.1) is 11.2 Å². The highest BCUT2D eigenvalue weighted by Crippen LogP contribution is 2.31. The Kier molecular flexibility index (Phi) is 3.59. The van der Waals surface area contributed by atoms with Gasteiger partial charge in [0.2, 0.25) is 0 Å². The second-order valence-electron chi connectivity index (χ2n) is 5.38. The number of ether oxygens (including phenoxy) is 1. The van der Waals surface area contributed by atoms with Crippen molar-refractivity contribution in [2.75, 3.05) is 12.4 Å². The van der Waals surface area contributed by atoms with E-state index in [1.54, 1.807) is 12.4 Å². The summed E-state index contributed by atoms with van der Waals surface area (Å²) in [7, 11) is 1.89.